The van der Waals surface area contributed by atoms with Crippen LogP contribution >= 0.6 is 11.8 Å². The molecule has 0 radical (unpaired) electrons. The molecule has 0 fully saturated rings. The quantitative estimate of drug-likeness (QED) is 0.679. The number of carboxylic acids is 1. The monoisotopic (exact) mass is 280 g/mol. The molecule has 0 saturated carbocycles. The first kappa shape index (κ1) is 13.3. The third-order valence-corrected chi connectivity index (χ3v) is 3.15. The van der Waals surface area contributed by atoms with Crippen molar-refractivity contribution in [1.82, 2.24) is 9.55 Å². The molecule has 1 aromatic carbocycles. The fourth-order valence-electron chi connectivity index (χ4n) is 1.45. The third kappa shape index (κ3) is 3.19. The van der Waals surface area contributed by atoms with E-state index in [-0.39, 0.29) is 16.6 Å². The minimum absolute atomic E-state index is 0.139. The lowest BCUT2D eigenvalue weighted by Crippen LogP contribution is -2.14. The van der Waals surface area contributed by atoms with Crippen LogP contribution in [0.15, 0.2) is 46.5 Å². The Labute approximate surface area is 111 Å². The number of thioether (sulfide) groups is 1. The van der Waals surface area contributed by atoms with E-state index < -0.39 is 17.3 Å². The first-order valence-electron chi connectivity index (χ1n) is 5.27. The van der Waals surface area contributed by atoms with Crippen molar-refractivity contribution in [3.05, 3.63) is 52.7 Å². The lowest BCUT2D eigenvalue weighted by Gasteiger charge is -2.11. The van der Waals surface area contributed by atoms with Gasteiger partial charge in [-0.1, -0.05) is 23.9 Å². The normalized spacial score (nSPS) is 10.4. The lowest BCUT2D eigenvalue weighted by molar-refractivity contribution is -0.133. The topological polar surface area (TPSA) is 72.2 Å². The Balaban J connectivity index is 2.48. The molecule has 0 saturated heterocycles. The number of hydrogen-bond donors (Lipinski definition) is 1. The Bertz CT molecular complexity index is 672. The Kier molecular flexibility index (Phi) is 3.96. The Morgan fingerprint density at radius 1 is 1.37 bits per heavy atom. The highest BCUT2D eigenvalue weighted by Gasteiger charge is 2.11. The van der Waals surface area contributed by atoms with Crippen LogP contribution in [0.3, 0.4) is 0 Å². The van der Waals surface area contributed by atoms with Gasteiger partial charge in [0.25, 0.3) is 5.56 Å². The highest BCUT2D eigenvalue weighted by Crippen LogP contribution is 2.20. The zero-order chi connectivity index (χ0) is 13.8. The maximum Gasteiger partial charge on any atom is 0.313 e. The van der Waals surface area contributed by atoms with Crippen LogP contribution in [-0.4, -0.2) is 26.4 Å². The molecule has 0 aliphatic rings. The summed E-state index contributed by atoms with van der Waals surface area (Å²) in [5, 5.41) is 8.79. The summed E-state index contributed by atoms with van der Waals surface area (Å²) in [7, 11) is 0. The number of hydrogen-bond acceptors (Lipinski definition) is 4. The van der Waals surface area contributed by atoms with E-state index in [9.17, 15) is 14.0 Å². The molecule has 0 aliphatic heterocycles. The van der Waals surface area contributed by atoms with Gasteiger partial charge in [0.15, 0.2) is 5.16 Å². The molecule has 5 nitrogen and oxygen atoms in total. The second-order valence-corrected chi connectivity index (χ2v) is 4.49. The minimum Gasteiger partial charge on any atom is -0.481 e. The summed E-state index contributed by atoms with van der Waals surface area (Å²) >= 11 is 0.858. The molecule has 19 heavy (non-hydrogen) atoms. The van der Waals surface area contributed by atoms with Crippen molar-refractivity contribution in [2.45, 2.75) is 5.16 Å². The fourth-order valence-corrected chi connectivity index (χ4v) is 2.15. The van der Waals surface area contributed by atoms with Gasteiger partial charge in [-0.2, -0.15) is 4.98 Å². The summed E-state index contributed by atoms with van der Waals surface area (Å²) in [6, 6.07) is 7.17. The molecular formula is C12H9FN2O3S. The summed E-state index contributed by atoms with van der Waals surface area (Å²) in [6.45, 7) is 0. The highest BCUT2D eigenvalue weighted by molar-refractivity contribution is 7.99. The molecule has 2 aromatic rings. The van der Waals surface area contributed by atoms with E-state index in [1.807, 2.05) is 0 Å². The van der Waals surface area contributed by atoms with Gasteiger partial charge in [0, 0.05) is 12.3 Å². The van der Waals surface area contributed by atoms with Crippen LogP contribution in [0, 0.1) is 5.82 Å². The maximum absolute atomic E-state index is 13.7. The zero-order valence-electron chi connectivity index (χ0n) is 9.62. The van der Waals surface area contributed by atoms with Crippen LogP contribution in [0.2, 0.25) is 0 Å². The summed E-state index contributed by atoms with van der Waals surface area (Å²) in [6.07, 6.45) is 1.37. The van der Waals surface area contributed by atoms with E-state index in [2.05, 4.69) is 4.98 Å². The molecule has 0 amide bonds. The molecule has 0 aliphatic carbocycles. The van der Waals surface area contributed by atoms with Crippen molar-refractivity contribution in [1.29, 1.82) is 0 Å². The van der Waals surface area contributed by atoms with Crippen LogP contribution in [0.25, 0.3) is 5.69 Å². The van der Waals surface area contributed by atoms with Gasteiger partial charge in [0.2, 0.25) is 0 Å². The van der Waals surface area contributed by atoms with Crippen LogP contribution in [0.1, 0.15) is 0 Å². The number of aromatic nitrogens is 2. The van der Waals surface area contributed by atoms with Gasteiger partial charge in [-0.25, -0.2) is 4.39 Å². The van der Waals surface area contributed by atoms with Crippen molar-refractivity contribution in [2.75, 3.05) is 5.75 Å². The SMILES string of the molecule is O=C(O)CSc1nc(=O)ccn1-c1ccccc1F. The molecule has 1 N–H and O–H groups in total. The summed E-state index contributed by atoms with van der Waals surface area (Å²) in [5.41, 5.74) is -0.289. The molecule has 98 valence electrons. The van der Waals surface area contributed by atoms with Gasteiger partial charge in [-0.15, -0.1) is 0 Å². The highest BCUT2D eigenvalue weighted by atomic mass is 32.2. The molecule has 0 bridgehead atoms. The molecule has 2 rings (SSSR count). The molecule has 1 aromatic heterocycles. The smallest absolute Gasteiger partial charge is 0.313 e. The molecule has 7 heteroatoms. The largest absolute Gasteiger partial charge is 0.481 e. The number of halogens is 1. The van der Waals surface area contributed by atoms with Crippen LogP contribution in [-0.2, 0) is 4.79 Å². The molecule has 0 atom stereocenters. The fraction of sp³-hybridized carbons (Fsp3) is 0.0833. The van der Waals surface area contributed by atoms with Gasteiger partial charge in [0.05, 0.1) is 11.4 Å². The average molecular weight is 280 g/mol. The summed E-state index contributed by atoms with van der Waals surface area (Å²) < 4.78 is 15.1. The first-order chi connectivity index (χ1) is 9.08. The number of benzene rings is 1. The molecule has 0 unspecified atom stereocenters. The Morgan fingerprint density at radius 3 is 2.79 bits per heavy atom. The van der Waals surface area contributed by atoms with Crippen LogP contribution < -0.4 is 5.56 Å². The lowest BCUT2D eigenvalue weighted by atomic mass is 10.3. The zero-order valence-corrected chi connectivity index (χ0v) is 10.4. The van der Waals surface area contributed by atoms with E-state index in [1.54, 1.807) is 12.1 Å². The van der Waals surface area contributed by atoms with Crippen molar-refractivity contribution < 1.29 is 14.3 Å². The number of nitrogens with zero attached hydrogens (tertiary/aromatic N) is 2. The van der Waals surface area contributed by atoms with E-state index in [0.29, 0.717) is 0 Å². The Hall–Kier alpha value is -2.15. The van der Waals surface area contributed by atoms with E-state index >= 15 is 0 Å². The Morgan fingerprint density at radius 2 is 2.11 bits per heavy atom. The second kappa shape index (κ2) is 5.66. The predicted molar refractivity (Wildman–Crippen MR) is 68.2 cm³/mol. The number of carboxylic acid groups (broad SMARTS) is 1. The van der Waals surface area contributed by atoms with Crippen molar-refractivity contribution in [3.8, 4) is 5.69 Å². The molecule has 0 spiro atoms. The molecular weight excluding hydrogens is 271 g/mol. The van der Waals surface area contributed by atoms with Crippen LogP contribution in [0.5, 0.6) is 0 Å². The number of aliphatic carboxylic acids is 1. The number of carbonyl (C=O) groups is 1. The second-order valence-electron chi connectivity index (χ2n) is 3.55. The summed E-state index contributed by atoms with van der Waals surface area (Å²) in [4.78, 5) is 25.5. The van der Waals surface area contributed by atoms with Gasteiger partial charge >= 0.3 is 5.97 Å². The number of para-hydroxylation sites is 1. The van der Waals surface area contributed by atoms with Gasteiger partial charge in [-0.3, -0.25) is 14.2 Å². The average Bonchev–Trinajstić information content (AvgIpc) is 2.37. The molecule has 1 heterocycles. The van der Waals surface area contributed by atoms with Crippen molar-refractivity contribution in [3.63, 3.8) is 0 Å². The van der Waals surface area contributed by atoms with Crippen molar-refractivity contribution in [2.24, 2.45) is 0 Å². The third-order valence-electron chi connectivity index (χ3n) is 2.21. The summed E-state index contributed by atoms with van der Waals surface area (Å²) in [5.74, 6) is -1.78. The maximum atomic E-state index is 13.7. The van der Waals surface area contributed by atoms with Gasteiger partial charge in [0.1, 0.15) is 5.82 Å². The predicted octanol–water partition coefficient (Wildman–Crippen LogP) is 1.55. The van der Waals surface area contributed by atoms with E-state index in [0.717, 1.165) is 11.8 Å². The van der Waals surface area contributed by atoms with Gasteiger partial charge in [-0.05, 0) is 12.1 Å². The van der Waals surface area contributed by atoms with E-state index in [1.165, 1.54) is 29.0 Å². The standard InChI is InChI=1S/C12H9FN2O3S/c13-8-3-1-2-4-9(8)15-6-5-10(16)14-12(15)19-7-11(17)18/h1-6H,7H2,(H,17,18). The van der Waals surface area contributed by atoms with Crippen molar-refractivity contribution >= 4 is 17.7 Å². The minimum atomic E-state index is -1.04. The van der Waals surface area contributed by atoms with E-state index in [4.69, 9.17) is 5.11 Å². The van der Waals surface area contributed by atoms with Crippen LogP contribution in [0.4, 0.5) is 4.39 Å². The number of rotatable bonds is 4. The van der Waals surface area contributed by atoms with Gasteiger partial charge < -0.3 is 5.11 Å². The first-order valence-corrected chi connectivity index (χ1v) is 6.25.